The van der Waals surface area contributed by atoms with E-state index in [1.165, 1.54) is 0 Å². The van der Waals surface area contributed by atoms with Crippen molar-refractivity contribution in [1.82, 2.24) is 4.98 Å². The van der Waals surface area contributed by atoms with Crippen LogP contribution in [0, 0.1) is 6.92 Å². The molecule has 0 unspecified atom stereocenters. The van der Waals surface area contributed by atoms with Gasteiger partial charge in [-0.05, 0) is 25.1 Å². The lowest BCUT2D eigenvalue weighted by Crippen LogP contribution is -1.97. The number of aryl methyl sites for hydroxylation is 1. The number of hydrogen-bond acceptors (Lipinski definition) is 5. The van der Waals surface area contributed by atoms with Crippen molar-refractivity contribution in [3.8, 4) is 22.8 Å². The molecule has 1 aliphatic heterocycles. The highest BCUT2D eigenvalue weighted by atomic mass is 16.5. The van der Waals surface area contributed by atoms with Crippen LogP contribution >= 0.6 is 0 Å². The highest BCUT2D eigenvalue weighted by Crippen LogP contribution is 2.35. The van der Waals surface area contributed by atoms with Crippen LogP contribution < -0.4 is 14.8 Å². The molecule has 0 atom stereocenters. The molecule has 1 N–H and O–H groups in total. The Hall–Kier alpha value is -2.17. The van der Waals surface area contributed by atoms with E-state index in [2.05, 4.69) is 10.3 Å². The Balaban J connectivity index is 2.01. The molecule has 3 rings (SSSR count). The number of oxazole rings is 1. The summed E-state index contributed by atoms with van der Waals surface area (Å²) >= 11 is 0. The van der Waals surface area contributed by atoms with E-state index in [0.29, 0.717) is 19.2 Å². The number of rotatable bonds is 2. The molecule has 19 heavy (non-hydrogen) atoms. The number of nitrogens with one attached hydrogen (secondary N) is 1. The molecule has 2 aromatic rings. The van der Waals surface area contributed by atoms with Crippen molar-refractivity contribution in [2.24, 2.45) is 0 Å². The summed E-state index contributed by atoms with van der Waals surface area (Å²) in [5.74, 6) is 2.33. The second kappa shape index (κ2) is 4.84. The molecule has 2 heterocycles. The van der Waals surface area contributed by atoms with Crippen molar-refractivity contribution >= 4 is 6.01 Å². The number of ether oxygens (including phenoxy) is 2. The van der Waals surface area contributed by atoms with E-state index in [0.717, 1.165) is 34.9 Å². The summed E-state index contributed by atoms with van der Waals surface area (Å²) in [6.07, 6.45) is 0.900. The van der Waals surface area contributed by atoms with Crippen LogP contribution in [0.2, 0.25) is 0 Å². The smallest absolute Gasteiger partial charge is 0.295 e. The molecule has 0 saturated carbocycles. The van der Waals surface area contributed by atoms with Crippen LogP contribution in [0.1, 0.15) is 12.2 Å². The molecule has 5 nitrogen and oxygen atoms in total. The summed E-state index contributed by atoms with van der Waals surface area (Å²) in [5.41, 5.74) is 1.78. The lowest BCUT2D eigenvalue weighted by Gasteiger charge is -2.08. The highest BCUT2D eigenvalue weighted by molar-refractivity contribution is 5.66. The topological polar surface area (TPSA) is 56.5 Å². The van der Waals surface area contributed by atoms with Gasteiger partial charge < -0.3 is 19.2 Å². The van der Waals surface area contributed by atoms with Gasteiger partial charge in [-0.3, -0.25) is 0 Å². The lowest BCUT2D eigenvalue weighted by molar-refractivity contribution is 0.297. The lowest BCUT2D eigenvalue weighted by atomic mass is 10.1. The fourth-order valence-electron chi connectivity index (χ4n) is 2.08. The Bertz CT molecular complexity index is 592. The molecular formula is C14H16N2O3. The van der Waals surface area contributed by atoms with Gasteiger partial charge >= 0.3 is 0 Å². The molecule has 1 aromatic carbocycles. The van der Waals surface area contributed by atoms with Gasteiger partial charge in [0.1, 0.15) is 11.5 Å². The molecule has 1 aliphatic rings. The van der Waals surface area contributed by atoms with E-state index in [9.17, 15) is 0 Å². The monoisotopic (exact) mass is 260 g/mol. The molecule has 5 heteroatoms. The van der Waals surface area contributed by atoms with Crippen molar-refractivity contribution in [2.45, 2.75) is 13.3 Å². The van der Waals surface area contributed by atoms with E-state index >= 15 is 0 Å². The molecule has 0 amide bonds. The fourth-order valence-corrected chi connectivity index (χ4v) is 2.08. The first-order valence-electron chi connectivity index (χ1n) is 6.33. The van der Waals surface area contributed by atoms with Gasteiger partial charge in [0.2, 0.25) is 0 Å². The van der Waals surface area contributed by atoms with Crippen LogP contribution in [-0.2, 0) is 0 Å². The van der Waals surface area contributed by atoms with Crippen LogP contribution in [0.15, 0.2) is 22.6 Å². The summed E-state index contributed by atoms with van der Waals surface area (Å²) in [5, 5.41) is 2.90. The maximum absolute atomic E-state index is 5.68. The van der Waals surface area contributed by atoms with E-state index in [1.54, 1.807) is 7.05 Å². The second-order valence-corrected chi connectivity index (χ2v) is 4.39. The SMILES string of the molecule is CNc1nc(-c2ccc3c(c2)OCCCO3)c(C)o1. The molecule has 0 saturated heterocycles. The fraction of sp³-hybridized carbons (Fsp3) is 0.357. The van der Waals surface area contributed by atoms with Crippen molar-refractivity contribution in [3.05, 3.63) is 24.0 Å². The summed E-state index contributed by atoms with van der Waals surface area (Å²) in [6.45, 7) is 3.27. The van der Waals surface area contributed by atoms with Gasteiger partial charge in [0.15, 0.2) is 11.5 Å². The maximum Gasteiger partial charge on any atom is 0.295 e. The summed E-state index contributed by atoms with van der Waals surface area (Å²) in [4.78, 5) is 4.40. The van der Waals surface area contributed by atoms with Crippen molar-refractivity contribution < 1.29 is 13.9 Å². The van der Waals surface area contributed by atoms with Crippen LogP contribution in [0.4, 0.5) is 6.01 Å². The molecule has 0 radical (unpaired) electrons. The minimum Gasteiger partial charge on any atom is -0.490 e. The Morgan fingerprint density at radius 2 is 1.95 bits per heavy atom. The molecule has 100 valence electrons. The van der Waals surface area contributed by atoms with E-state index < -0.39 is 0 Å². The predicted octanol–water partition coefficient (Wildman–Crippen LogP) is 2.85. The quantitative estimate of drug-likeness (QED) is 0.899. The maximum atomic E-state index is 5.68. The zero-order valence-corrected chi connectivity index (χ0v) is 11.0. The largest absolute Gasteiger partial charge is 0.490 e. The first-order valence-corrected chi connectivity index (χ1v) is 6.33. The standard InChI is InChI=1S/C14H16N2O3/c1-9-13(16-14(15-2)19-9)10-4-5-11-12(8-10)18-7-3-6-17-11/h4-5,8H,3,6-7H2,1-2H3,(H,15,16). The Labute approximate surface area is 111 Å². The Kier molecular flexibility index (Phi) is 3.03. The van der Waals surface area contributed by atoms with Gasteiger partial charge in [0.25, 0.3) is 6.01 Å². The number of nitrogens with zero attached hydrogens (tertiary/aromatic N) is 1. The van der Waals surface area contributed by atoms with Crippen molar-refractivity contribution in [3.63, 3.8) is 0 Å². The van der Waals surface area contributed by atoms with Gasteiger partial charge in [0, 0.05) is 19.0 Å². The highest BCUT2D eigenvalue weighted by Gasteiger charge is 2.15. The Morgan fingerprint density at radius 1 is 1.16 bits per heavy atom. The van der Waals surface area contributed by atoms with Gasteiger partial charge in [-0.15, -0.1) is 0 Å². The normalized spacial score (nSPS) is 14.0. The molecule has 0 fully saturated rings. The average molecular weight is 260 g/mol. The molecule has 0 spiro atoms. The minimum absolute atomic E-state index is 0.514. The average Bonchev–Trinajstić information content (AvgIpc) is 2.66. The predicted molar refractivity (Wildman–Crippen MR) is 71.8 cm³/mol. The van der Waals surface area contributed by atoms with E-state index in [1.807, 2.05) is 25.1 Å². The third-order valence-electron chi connectivity index (χ3n) is 3.03. The van der Waals surface area contributed by atoms with Gasteiger partial charge in [-0.25, -0.2) is 0 Å². The minimum atomic E-state index is 0.514. The zero-order chi connectivity index (χ0) is 13.2. The van der Waals surface area contributed by atoms with Crippen LogP contribution in [-0.4, -0.2) is 25.2 Å². The summed E-state index contributed by atoms with van der Waals surface area (Å²) in [7, 11) is 1.78. The number of aromatic nitrogens is 1. The van der Waals surface area contributed by atoms with E-state index in [-0.39, 0.29) is 0 Å². The van der Waals surface area contributed by atoms with Crippen LogP contribution in [0.3, 0.4) is 0 Å². The molecule has 0 bridgehead atoms. The second-order valence-electron chi connectivity index (χ2n) is 4.39. The molecular weight excluding hydrogens is 244 g/mol. The zero-order valence-electron chi connectivity index (χ0n) is 11.0. The third kappa shape index (κ3) is 2.23. The number of hydrogen-bond donors (Lipinski definition) is 1. The summed E-state index contributed by atoms with van der Waals surface area (Å²) in [6, 6.07) is 6.35. The summed E-state index contributed by atoms with van der Waals surface area (Å²) < 4.78 is 16.8. The molecule has 0 aliphatic carbocycles. The number of fused-ring (bicyclic) bond motifs is 1. The third-order valence-corrected chi connectivity index (χ3v) is 3.03. The van der Waals surface area contributed by atoms with Crippen molar-refractivity contribution in [2.75, 3.05) is 25.6 Å². The molecule has 1 aromatic heterocycles. The van der Waals surface area contributed by atoms with Gasteiger partial charge in [-0.1, -0.05) is 0 Å². The van der Waals surface area contributed by atoms with E-state index in [4.69, 9.17) is 13.9 Å². The van der Waals surface area contributed by atoms with Crippen LogP contribution in [0.25, 0.3) is 11.3 Å². The van der Waals surface area contributed by atoms with Crippen molar-refractivity contribution in [1.29, 1.82) is 0 Å². The first-order chi connectivity index (χ1) is 9.28. The first kappa shape index (κ1) is 11.9. The van der Waals surface area contributed by atoms with Gasteiger partial charge in [-0.2, -0.15) is 4.98 Å². The Morgan fingerprint density at radius 3 is 2.68 bits per heavy atom. The number of benzene rings is 1. The number of anilines is 1. The van der Waals surface area contributed by atoms with Crippen LogP contribution in [0.5, 0.6) is 11.5 Å². The van der Waals surface area contributed by atoms with Gasteiger partial charge in [0.05, 0.1) is 13.2 Å².